The Balaban J connectivity index is 2.22. The average Bonchev–Trinajstić information content (AvgIpc) is 2.95. The molecule has 2 aromatic heterocycles. The summed E-state index contributed by atoms with van der Waals surface area (Å²) in [4.78, 5) is 0.119. The van der Waals surface area contributed by atoms with Crippen molar-refractivity contribution in [3.8, 4) is 0 Å². The largest absolute Gasteiger partial charge is 0.325 e. The van der Waals surface area contributed by atoms with Gasteiger partial charge in [0, 0.05) is 24.8 Å². The Morgan fingerprint density at radius 1 is 1.50 bits per heavy atom. The van der Waals surface area contributed by atoms with E-state index >= 15 is 0 Å². The molecular weight excluding hydrogens is 256 g/mol. The lowest BCUT2D eigenvalue weighted by Gasteiger charge is -2.06. The van der Waals surface area contributed by atoms with Crippen LogP contribution in [-0.4, -0.2) is 28.8 Å². The van der Waals surface area contributed by atoms with E-state index in [1.807, 2.05) is 0 Å². The molecule has 0 saturated heterocycles. The van der Waals surface area contributed by atoms with Gasteiger partial charge in [-0.3, -0.25) is 10.2 Å². The fraction of sp³-hybridized carbons (Fsp3) is 0.333. The first kappa shape index (κ1) is 12.7. The van der Waals surface area contributed by atoms with E-state index in [1.165, 1.54) is 0 Å². The van der Waals surface area contributed by atoms with Gasteiger partial charge in [0.1, 0.15) is 4.90 Å². The molecule has 0 amide bonds. The maximum atomic E-state index is 12.1. The lowest BCUT2D eigenvalue weighted by molar-refractivity contribution is 0.579. The van der Waals surface area contributed by atoms with E-state index in [9.17, 15) is 8.42 Å². The molecule has 0 aliphatic heterocycles. The molecule has 0 bridgehead atoms. The maximum Gasteiger partial charge on any atom is 0.244 e. The summed E-state index contributed by atoms with van der Waals surface area (Å²) in [5.74, 6) is 0. The molecule has 0 spiro atoms. The molecule has 0 saturated carbocycles. The highest BCUT2D eigenvalue weighted by Crippen LogP contribution is 2.17. The first-order valence-electron chi connectivity index (χ1n) is 5.26. The van der Waals surface area contributed by atoms with E-state index in [1.54, 1.807) is 19.3 Å². The topological polar surface area (TPSA) is 130 Å². The molecule has 0 atom stereocenters. The van der Waals surface area contributed by atoms with E-state index in [-0.39, 0.29) is 18.0 Å². The van der Waals surface area contributed by atoms with Crippen molar-refractivity contribution in [1.82, 2.24) is 25.1 Å². The zero-order valence-electron chi connectivity index (χ0n) is 9.77. The number of nitrogens with two attached hydrogens (primary N) is 1. The van der Waals surface area contributed by atoms with Crippen LogP contribution in [0.3, 0.4) is 0 Å². The third-order valence-electron chi connectivity index (χ3n) is 2.44. The van der Waals surface area contributed by atoms with Gasteiger partial charge in [-0.1, -0.05) is 0 Å². The summed E-state index contributed by atoms with van der Waals surface area (Å²) in [5, 5.41) is 12.8. The quantitative estimate of drug-likeness (QED) is 0.575. The Hall–Kier alpha value is -1.71. The van der Waals surface area contributed by atoms with Crippen LogP contribution >= 0.6 is 0 Å². The number of hydrogen-bond donors (Lipinski definition) is 4. The number of sulfonamides is 1. The molecule has 18 heavy (non-hydrogen) atoms. The van der Waals surface area contributed by atoms with Gasteiger partial charge in [0.25, 0.3) is 0 Å². The molecule has 2 rings (SSSR count). The number of nitrogens with zero attached hydrogens (tertiary/aromatic N) is 2. The Morgan fingerprint density at radius 3 is 2.89 bits per heavy atom. The molecule has 5 N–H and O–H groups in total. The van der Waals surface area contributed by atoms with Gasteiger partial charge in [-0.25, -0.2) is 13.1 Å². The van der Waals surface area contributed by atoms with Crippen LogP contribution in [0.25, 0.3) is 0 Å². The lowest BCUT2D eigenvalue weighted by atomic mass is 10.4. The van der Waals surface area contributed by atoms with Crippen molar-refractivity contribution in [3.05, 3.63) is 29.3 Å². The monoisotopic (exact) mass is 270 g/mol. The zero-order chi connectivity index (χ0) is 13.2. The highest BCUT2D eigenvalue weighted by Gasteiger charge is 2.23. The van der Waals surface area contributed by atoms with Crippen LogP contribution in [0.15, 0.2) is 17.3 Å². The number of nitrogens with one attached hydrogen (secondary N) is 3. The summed E-state index contributed by atoms with van der Waals surface area (Å²) < 4.78 is 26.7. The fourth-order valence-corrected chi connectivity index (χ4v) is 2.98. The van der Waals surface area contributed by atoms with Crippen molar-refractivity contribution in [2.75, 3.05) is 0 Å². The fourth-order valence-electron chi connectivity index (χ4n) is 1.59. The van der Waals surface area contributed by atoms with Crippen LogP contribution in [0.4, 0.5) is 0 Å². The van der Waals surface area contributed by atoms with Crippen LogP contribution < -0.4 is 10.5 Å². The standard InChI is InChI=1S/C9H14N6O2S/c1-6-9(8(2-10)15-14-6)18(16,17)13-5-7-3-11-12-4-7/h3-4,13H,2,5,10H2,1H3,(H,11,12)(H,14,15). The molecule has 0 fully saturated rings. The van der Waals surface area contributed by atoms with Crippen molar-refractivity contribution in [3.63, 3.8) is 0 Å². The number of rotatable bonds is 5. The Kier molecular flexibility index (Phi) is 3.45. The summed E-state index contributed by atoms with van der Waals surface area (Å²) in [6.07, 6.45) is 3.17. The minimum Gasteiger partial charge on any atom is -0.325 e. The summed E-state index contributed by atoms with van der Waals surface area (Å²) in [5.41, 5.74) is 7.00. The first-order chi connectivity index (χ1) is 8.54. The predicted molar refractivity (Wildman–Crippen MR) is 63.8 cm³/mol. The van der Waals surface area contributed by atoms with Gasteiger partial charge in [-0.05, 0) is 6.92 Å². The van der Waals surface area contributed by atoms with E-state index < -0.39 is 10.0 Å². The summed E-state index contributed by atoms with van der Waals surface area (Å²) >= 11 is 0. The average molecular weight is 270 g/mol. The lowest BCUT2D eigenvalue weighted by Crippen LogP contribution is -2.24. The number of aryl methyl sites for hydroxylation is 1. The number of H-pyrrole nitrogens is 2. The number of aromatic amines is 2. The van der Waals surface area contributed by atoms with Crippen LogP contribution in [0.5, 0.6) is 0 Å². The van der Waals surface area contributed by atoms with E-state index in [0.717, 1.165) is 5.56 Å². The first-order valence-corrected chi connectivity index (χ1v) is 6.74. The van der Waals surface area contributed by atoms with E-state index in [2.05, 4.69) is 25.1 Å². The smallest absolute Gasteiger partial charge is 0.244 e. The molecule has 2 heterocycles. The summed E-state index contributed by atoms with van der Waals surface area (Å²) in [7, 11) is -3.63. The van der Waals surface area contributed by atoms with Gasteiger partial charge in [0.2, 0.25) is 10.0 Å². The van der Waals surface area contributed by atoms with Crippen molar-refractivity contribution < 1.29 is 8.42 Å². The third kappa shape index (κ3) is 2.42. The van der Waals surface area contributed by atoms with Crippen molar-refractivity contribution in [2.24, 2.45) is 5.73 Å². The van der Waals surface area contributed by atoms with Gasteiger partial charge in [-0.15, -0.1) is 0 Å². The second-order valence-electron chi connectivity index (χ2n) is 3.76. The molecule has 98 valence electrons. The number of hydrogen-bond acceptors (Lipinski definition) is 5. The minimum atomic E-state index is -3.63. The molecule has 0 unspecified atom stereocenters. The summed E-state index contributed by atoms with van der Waals surface area (Å²) in [6.45, 7) is 1.86. The molecular formula is C9H14N6O2S. The second kappa shape index (κ2) is 4.88. The van der Waals surface area contributed by atoms with Crippen molar-refractivity contribution in [1.29, 1.82) is 0 Å². The van der Waals surface area contributed by atoms with E-state index in [4.69, 9.17) is 5.73 Å². The highest BCUT2D eigenvalue weighted by atomic mass is 32.2. The van der Waals surface area contributed by atoms with Crippen molar-refractivity contribution in [2.45, 2.75) is 24.9 Å². The summed E-state index contributed by atoms with van der Waals surface area (Å²) in [6, 6.07) is 0. The molecule has 0 radical (unpaired) electrons. The molecule has 0 aliphatic carbocycles. The molecule has 2 aromatic rings. The second-order valence-corrected chi connectivity index (χ2v) is 5.46. The predicted octanol–water partition coefficient (Wildman–Crippen LogP) is -0.622. The van der Waals surface area contributed by atoms with Crippen LogP contribution in [0, 0.1) is 6.92 Å². The third-order valence-corrected chi connectivity index (χ3v) is 4.05. The normalized spacial score (nSPS) is 11.9. The van der Waals surface area contributed by atoms with Gasteiger partial charge < -0.3 is 5.73 Å². The van der Waals surface area contributed by atoms with Crippen LogP contribution in [-0.2, 0) is 23.1 Å². The van der Waals surface area contributed by atoms with Crippen LogP contribution in [0.1, 0.15) is 17.0 Å². The van der Waals surface area contributed by atoms with Gasteiger partial charge in [0.15, 0.2) is 0 Å². The van der Waals surface area contributed by atoms with Crippen molar-refractivity contribution >= 4 is 10.0 Å². The van der Waals surface area contributed by atoms with Gasteiger partial charge >= 0.3 is 0 Å². The van der Waals surface area contributed by atoms with Crippen LogP contribution in [0.2, 0.25) is 0 Å². The Bertz CT molecular complexity index is 616. The minimum absolute atomic E-state index is 0.0618. The van der Waals surface area contributed by atoms with Gasteiger partial charge in [-0.2, -0.15) is 10.2 Å². The van der Waals surface area contributed by atoms with E-state index in [0.29, 0.717) is 11.4 Å². The molecule has 0 aromatic carbocycles. The zero-order valence-corrected chi connectivity index (χ0v) is 10.6. The Morgan fingerprint density at radius 2 is 2.28 bits per heavy atom. The van der Waals surface area contributed by atoms with Gasteiger partial charge in [0.05, 0.1) is 17.6 Å². The maximum absolute atomic E-state index is 12.1. The highest BCUT2D eigenvalue weighted by molar-refractivity contribution is 7.89. The molecule has 8 nitrogen and oxygen atoms in total. The number of aromatic nitrogens is 4. The molecule has 9 heteroatoms. The molecule has 0 aliphatic rings. The Labute approximate surface area is 104 Å². The SMILES string of the molecule is Cc1[nH]nc(CN)c1S(=O)(=O)NCc1cn[nH]c1.